The number of aryl methyl sites for hydroxylation is 2. The van der Waals surface area contributed by atoms with Crippen LogP contribution in [0.25, 0.3) is 43.1 Å². The number of aromatic nitrogens is 4. The second-order valence-electron chi connectivity index (χ2n) is 21.6. The van der Waals surface area contributed by atoms with Crippen LogP contribution in [0.3, 0.4) is 0 Å². The third-order valence-electron chi connectivity index (χ3n) is 15.3. The Morgan fingerprint density at radius 2 is 0.420 bits per heavy atom. The summed E-state index contributed by atoms with van der Waals surface area (Å²) >= 11 is 0. The summed E-state index contributed by atoms with van der Waals surface area (Å²) in [5.41, 5.74) is 1.76. The molecule has 438 valence electrons. The van der Waals surface area contributed by atoms with Gasteiger partial charge in [-0.2, -0.15) is 0 Å². The van der Waals surface area contributed by atoms with Crippen molar-refractivity contribution in [3.8, 4) is 47.4 Å². The molecule has 0 fully saturated rings. The molecule has 0 bridgehead atoms. The molecule has 0 N–H and O–H groups in total. The van der Waals surface area contributed by atoms with Gasteiger partial charge in [-0.25, -0.2) is 0 Å². The molecular weight excluding hydrogens is 1100 g/mol. The number of benzene rings is 7. The molecule has 0 amide bonds. The summed E-state index contributed by atoms with van der Waals surface area (Å²) in [7, 11) is 0. The van der Waals surface area contributed by atoms with Gasteiger partial charge in [0.15, 0.2) is 0 Å². The van der Waals surface area contributed by atoms with E-state index in [4.69, 9.17) is 0 Å². The average molecular weight is 1160 g/mol. The topological polar surface area (TPSA) is 156 Å². The molecule has 0 spiro atoms. The predicted molar refractivity (Wildman–Crippen MR) is 355 cm³/mol. The van der Waals surface area contributed by atoms with E-state index in [1.54, 1.807) is 0 Å². The molecule has 0 saturated heterocycles. The lowest BCUT2D eigenvalue weighted by Gasteiger charge is -2.00. The highest BCUT2D eigenvalue weighted by atomic mass is 16.2. The summed E-state index contributed by atoms with van der Waals surface area (Å²) in [6.45, 7) is 13.0. The highest BCUT2D eigenvalue weighted by molar-refractivity contribution is 6.11. The predicted octanol–water partition coefficient (Wildman–Crippen LogP) is 10.9. The Morgan fingerprint density at radius 3 is 0.580 bits per heavy atom. The van der Waals surface area contributed by atoms with Gasteiger partial charge in [-0.15, -0.1) is 0 Å². The fraction of sp³-hybridized carbons (Fsp3) is 0.237. The standard InChI is InChI=1S/2C34H28N2O4.C8H10/c2*1-3-5-21-35-31(37)27-25(19-17-23-13-9-7-10-14-23)29-30(34(40)36(33(29)39)22-6-4-2)26(28(27)32(35)38)20-18-24-15-11-8-12-16-24;1-7-3-5-8(2)6-4-7/h2*7-16H,3-6,21-22H2,1-2H3;3-6H,1-2H3. The number of unbranched alkanes of at least 4 members (excludes halogenated alkanes) is 4. The van der Waals surface area contributed by atoms with Gasteiger partial charge in [-0.1, -0.05) is 209 Å². The van der Waals surface area contributed by atoms with Gasteiger partial charge >= 0.3 is 0 Å². The van der Waals surface area contributed by atoms with Crippen molar-refractivity contribution >= 4 is 43.1 Å². The molecule has 12 heteroatoms. The lowest BCUT2D eigenvalue weighted by molar-refractivity contribution is 0.608. The van der Waals surface area contributed by atoms with Crippen LogP contribution >= 0.6 is 0 Å². The van der Waals surface area contributed by atoms with Gasteiger partial charge < -0.3 is 0 Å². The van der Waals surface area contributed by atoms with E-state index in [0.717, 1.165) is 25.7 Å². The van der Waals surface area contributed by atoms with E-state index in [2.05, 4.69) is 85.5 Å². The third-order valence-corrected chi connectivity index (χ3v) is 15.3. The van der Waals surface area contributed by atoms with Crippen LogP contribution in [0.5, 0.6) is 0 Å². The molecule has 0 radical (unpaired) electrons. The molecule has 4 aromatic heterocycles. The molecular formula is C76H66N4O8. The fourth-order valence-electron chi connectivity index (χ4n) is 10.5. The molecule has 0 atom stereocenters. The Morgan fingerprint density at radius 1 is 0.250 bits per heavy atom. The van der Waals surface area contributed by atoms with Crippen LogP contribution in [0.4, 0.5) is 0 Å². The molecule has 0 aliphatic rings. The van der Waals surface area contributed by atoms with Gasteiger partial charge in [0.05, 0.1) is 65.3 Å². The number of hydrogen-bond donors (Lipinski definition) is 0. The zero-order chi connectivity index (χ0) is 62.4. The maximum absolute atomic E-state index is 13.8. The van der Waals surface area contributed by atoms with Crippen LogP contribution in [0.1, 0.15) is 135 Å². The van der Waals surface area contributed by atoms with E-state index in [-0.39, 0.29) is 91.5 Å². The Labute approximate surface area is 509 Å². The summed E-state index contributed by atoms with van der Waals surface area (Å²) < 4.78 is 4.76. The largest absolute Gasteiger partial charge is 0.274 e. The van der Waals surface area contributed by atoms with Gasteiger partial charge in [-0.3, -0.25) is 56.6 Å². The quantitative estimate of drug-likeness (QED) is 0.109. The normalized spacial score (nSPS) is 10.7. The van der Waals surface area contributed by atoms with Gasteiger partial charge in [0.25, 0.3) is 44.5 Å². The van der Waals surface area contributed by atoms with Crippen molar-refractivity contribution in [2.45, 2.75) is 119 Å². The van der Waals surface area contributed by atoms with Gasteiger partial charge in [-0.05, 0) is 88.1 Å². The molecule has 11 aromatic rings. The molecule has 0 aliphatic heterocycles. The Bertz CT molecular complexity index is 4320. The van der Waals surface area contributed by atoms with Crippen molar-refractivity contribution in [3.05, 3.63) is 284 Å². The first-order valence-corrected chi connectivity index (χ1v) is 30.0. The molecule has 0 aliphatic carbocycles. The molecule has 4 heterocycles. The monoisotopic (exact) mass is 1160 g/mol. The minimum atomic E-state index is -0.511. The second-order valence-corrected chi connectivity index (χ2v) is 21.6. The van der Waals surface area contributed by atoms with E-state index in [1.165, 1.54) is 29.4 Å². The van der Waals surface area contributed by atoms with Crippen LogP contribution in [0.2, 0.25) is 0 Å². The minimum Gasteiger partial charge on any atom is -0.274 e. The first kappa shape index (κ1) is 61.9. The summed E-state index contributed by atoms with van der Waals surface area (Å²) in [5, 5.41) is 0.438. The van der Waals surface area contributed by atoms with Crippen LogP contribution < -0.4 is 44.5 Å². The maximum Gasteiger partial charge on any atom is 0.262 e. The summed E-state index contributed by atoms with van der Waals surface area (Å²) in [6, 6.07) is 45.1. The lowest BCUT2D eigenvalue weighted by atomic mass is 9.96. The van der Waals surface area contributed by atoms with Crippen molar-refractivity contribution < 1.29 is 0 Å². The Balaban J connectivity index is 0.000000186. The van der Waals surface area contributed by atoms with Crippen LogP contribution in [-0.2, 0) is 26.2 Å². The fourth-order valence-corrected chi connectivity index (χ4v) is 10.5. The summed E-state index contributed by atoms with van der Waals surface area (Å²) in [6.07, 6.45) is 5.66. The number of hydrogen-bond acceptors (Lipinski definition) is 8. The van der Waals surface area contributed by atoms with E-state index in [1.807, 2.05) is 149 Å². The zero-order valence-electron chi connectivity index (χ0n) is 50.4. The number of nitrogens with zero attached hydrogens (tertiary/aromatic N) is 4. The number of rotatable bonds is 12. The minimum absolute atomic E-state index is 0.0548. The SMILES string of the molecule is CCCCn1c(=O)c2c(C#Cc3ccccc3)c3c(=O)n(CCCC)c(=O)c3c(C#Cc3ccccc3)c2c1=O.CCCCn1c(=O)c2c(C#Cc3ccccc3)c3c(=O)n(CCCC)c(=O)c3c(C#Cc3ccccc3)c2c1=O.Cc1ccc(C)cc1. The van der Waals surface area contributed by atoms with Crippen molar-refractivity contribution in [3.63, 3.8) is 0 Å². The smallest absolute Gasteiger partial charge is 0.262 e. The lowest BCUT2D eigenvalue weighted by Crippen LogP contribution is -2.26. The van der Waals surface area contributed by atoms with E-state index in [0.29, 0.717) is 47.9 Å². The first-order chi connectivity index (χ1) is 42.7. The van der Waals surface area contributed by atoms with Crippen molar-refractivity contribution in [2.75, 3.05) is 0 Å². The van der Waals surface area contributed by atoms with Crippen LogP contribution in [0, 0.1) is 61.2 Å². The van der Waals surface area contributed by atoms with E-state index >= 15 is 0 Å². The van der Waals surface area contributed by atoms with Crippen LogP contribution in [0.15, 0.2) is 184 Å². The zero-order valence-corrected chi connectivity index (χ0v) is 50.4. The van der Waals surface area contributed by atoms with Crippen molar-refractivity contribution in [1.82, 2.24) is 18.3 Å². The molecule has 7 aromatic carbocycles. The third kappa shape index (κ3) is 12.9. The highest BCUT2D eigenvalue weighted by Gasteiger charge is 2.30. The van der Waals surface area contributed by atoms with Crippen LogP contribution in [-0.4, -0.2) is 18.3 Å². The summed E-state index contributed by atoms with van der Waals surface area (Å²) in [4.78, 5) is 110. The van der Waals surface area contributed by atoms with Crippen molar-refractivity contribution in [1.29, 1.82) is 0 Å². The van der Waals surface area contributed by atoms with Crippen molar-refractivity contribution in [2.24, 2.45) is 0 Å². The van der Waals surface area contributed by atoms with E-state index < -0.39 is 44.5 Å². The molecule has 0 saturated carbocycles. The van der Waals surface area contributed by atoms with Gasteiger partial charge in [0.1, 0.15) is 0 Å². The molecule has 12 nitrogen and oxygen atoms in total. The molecule has 88 heavy (non-hydrogen) atoms. The Hall–Kier alpha value is -10.7. The number of fused-ring (bicyclic) bond motifs is 4. The second kappa shape index (κ2) is 28.5. The molecule has 0 unspecified atom stereocenters. The summed E-state index contributed by atoms with van der Waals surface area (Å²) in [5.74, 6) is 24.2. The maximum atomic E-state index is 13.8. The Kier molecular flexibility index (Phi) is 20.0. The average Bonchev–Trinajstić information content (AvgIpc) is 1.67. The highest BCUT2D eigenvalue weighted by Crippen LogP contribution is 2.29. The first-order valence-electron chi connectivity index (χ1n) is 30.0. The molecule has 11 rings (SSSR count). The van der Waals surface area contributed by atoms with Gasteiger partial charge in [0.2, 0.25) is 0 Å². The van der Waals surface area contributed by atoms with E-state index in [9.17, 15) is 38.4 Å². The van der Waals surface area contributed by atoms with Gasteiger partial charge in [0, 0.05) is 48.4 Å².